The molecule has 3 N–H and O–H groups in total. The van der Waals surface area contributed by atoms with Gasteiger partial charge in [-0.1, -0.05) is 34.8 Å². The Kier molecular flexibility index (Phi) is 4.94. The van der Waals surface area contributed by atoms with Gasteiger partial charge >= 0.3 is 0 Å². The smallest absolute Gasteiger partial charge is 0.130 e. The van der Waals surface area contributed by atoms with Gasteiger partial charge in [0, 0.05) is 22.7 Å². The monoisotopic (exact) mass is 332 g/mol. The minimum absolute atomic E-state index is 0.193. The Morgan fingerprint density at radius 2 is 2.05 bits per heavy atom. The van der Waals surface area contributed by atoms with Crippen LogP contribution in [0, 0.1) is 6.92 Å². The third kappa shape index (κ3) is 3.10. The van der Waals surface area contributed by atoms with E-state index in [-0.39, 0.29) is 6.04 Å². The molecule has 0 amide bonds. The number of hydrogen-bond acceptors (Lipinski definition) is 3. The molecule has 0 fully saturated rings. The number of aryl methyl sites for hydroxylation is 2. The molecular weight excluding hydrogens is 319 g/mol. The Morgan fingerprint density at radius 1 is 1.35 bits per heavy atom. The zero-order valence-corrected chi connectivity index (χ0v) is 13.4. The summed E-state index contributed by atoms with van der Waals surface area (Å²) >= 11 is 18.5. The number of rotatable bonds is 4. The summed E-state index contributed by atoms with van der Waals surface area (Å²) in [6, 6.07) is 5.10. The molecule has 1 aromatic carbocycles. The Bertz CT molecular complexity index is 624. The van der Waals surface area contributed by atoms with Crippen molar-refractivity contribution in [2.24, 2.45) is 12.9 Å². The highest BCUT2D eigenvalue weighted by Crippen LogP contribution is 2.30. The van der Waals surface area contributed by atoms with Crippen molar-refractivity contribution in [2.75, 3.05) is 0 Å². The molecule has 0 saturated heterocycles. The zero-order chi connectivity index (χ0) is 14.9. The maximum Gasteiger partial charge on any atom is 0.130 e. The normalized spacial score (nSPS) is 12.7. The van der Waals surface area contributed by atoms with Gasteiger partial charge in [-0.3, -0.25) is 16.0 Å². The zero-order valence-electron chi connectivity index (χ0n) is 11.1. The molecule has 7 heteroatoms. The van der Waals surface area contributed by atoms with E-state index in [0.717, 1.165) is 16.8 Å². The summed E-state index contributed by atoms with van der Waals surface area (Å²) < 4.78 is 1.64. The molecule has 108 valence electrons. The van der Waals surface area contributed by atoms with Gasteiger partial charge in [0.05, 0.1) is 11.7 Å². The summed E-state index contributed by atoms with van der Waals surface area (Å²) in [5, 5.41) is 6.10. The van der Waals surface area contributed by atoms with E-state index in [9.17, 15) is 0 Å². The van der Waals surface area contributed by atoms with Crippen LogP contribution >= 0.6 is 34.8 Å². The van der Waals surface area contributed by atoms with Gasteiger partial charge in [0.1, 0.15) is 5.15 Å². The largest absolute Gasteiger partial charge is 0.271 e. The van der Waals surface area contributed by atoms with E-state index in [0.29, 0.717) is 21.6 Å². The van der Waals surface area contributed by atoms with Crippen molar-refractivity contribution in [3.05, 3.63) is 50.2 Å². The molecule has 4 nitrogen and oxygen atoms in total. The molecule has 0 bridgehead atoms. The summed E-state index contributed by atoms with van der Waals surface area (Å²) in [7, 11) is 1.80. The van der Waals surface area contributed by atoms with Gasteiger partial charge in [0.25, 0.3) is 0 Å². The highest BCUT2D eigenvalue weighted by Gasteiger charge is 2.20. The maximum absolute atomic E-state index is 6.25. The molecule has 0 aliphatic rings. The number of nitrogens with zero attached hydrogens (tertiary/aromatic N) is 2. The standard InChI is InChI=1S/C13H15Cl3N4/c1-7-9(13(16)20(2)19-7)6-12(18-17)10-5-8(14)3-4-11(10)15/h3-5,12,18H,6,17H2,1-2H3. The van der Waals surface area contributed by atoms with Crippen LogP contribution in [0.5, 0.6) is 0 Å². The summed E-state index contributed by atoms with van der Waals surface area (Å²) in [4.78, 5) is 0. The summed E-state index contributed by atoms with van der Waals surface area (Å²) in [5.74, 6) is 5.66. The Balaban J connectivity index is 2.36. The summed E-state index contributed by atoms with van der Waals surface area (Å²) in [5.41, 5.74) is 5.40. The van der Waals surface area contributed by atoms with E-state index in [1.165, 1.54) is 0 Å². The topological polar surface area (TPSA) is 55.9 Å². The lowest BCUT2D eigenvalue weighted by Crippen LogP contribution is -2.30. The molecule has 0 saturated carbocycles. The fourth-order valence-corrected chi connectivity index (χ4v) is 2.83. The van der Waals surface area contributed by atoms with Crippen LogP contribution in [0.2, 0.25) is 15.2 Å². The predicted molar refractivity (Wildman–Crippen MR) is 83.2 cm³/mol. The Hall–Kier alpha value is -0.780. The van der Waals surface area contributed by atoms with Crippen LogP contribution < -0.4 is 11.3 Å². The van der Waals surface area contributed by atoms with Crippen LogP contribution in [-0.4, -0.2) is 9.78 Å². The second-order valence-electron chi connectivity index (χ2n) is 4.57. The SMILES string of the molecule is Cc1nn(C)c(Cl)c1CC(NN)c1cc(Cl)ccc1Cl. The molecule has 0 aliphatic heterocycles. The van der Waals surface area contributed by atoms with Gasteiger partial charge in [-0.05, 0) is 37.1 Å². The number of nitrogens with one attached hydrogen (secondary N) is 1. The van der Waals surface area contributed by atoms with Crippen LogP contribution in [0.4, 0.5) is 0 Å². The van der Waals surface area contributed by atoms with Gasteiger partial charge in [0.2, 0.25) is 0 Å². The Labute approximate surface area is 132 Å². The van der Waals surface area contributed by atoms with E-state index in [1.807, 2.05) is 6.92 Å². The van der Waals surface area contributed by atoms with Gasteiger partial charge in [-0.15, -0.1) is 0 Å². The second-order valence-corrected chi connectivity index (χ2v) is 5.77. The summed E-state index contributed by atoms with van der Waals surface area (Å²) in [6.45, 7) is 1.91. The number of halogens is 3. The van der Waals surface area contributed by atoms with Crippen LogP contribution in [0.25, 0.3) is 0 Å². The van der Waals surface area contributed by atoms with Gasteiger partial charge in [0.15, 0.2) is 0 Å². The van der Waals surface area contributed by atoms with E-state index >= 15 is 0 Å². The van der Waals surface area contributed by atoms with E-state index in [4.69, 9.17) is 40.6 Å². The number of hydrazine groups is 1. The quantitative estimate of drug-likeness (QED) is 0.665. The average Bonchev–Trinajstić information content (AvgIpc) is 2.65. The molecule has 0 aliphatic carbocycles. The molecule has 1 unspecified atom stereocenters. The molecule has 2 aromatic rings. The maximum atomic E-state index is 6.25. The van der Waals surface area contributed by atoms with Crippen molar-refractivity contribution in [3.63, 3.8) is 0 Å². The van der Waals surface area contributed by atoms with Crippen molar-refractivity contribution in [2.45, 2.75) is 19.4 Å². The molecule has 2 rings (SSSR count). The minimum atomic E-state index is -0.193. The van der Waals surface area contributed by atoms with Crippen molar-refractivity contribution >= 4 is 34.8 Å². The van der Waals surface area contributed by atoms with Crippen LogP contribution in [0.3, 0.4) is 0 Å². The first-order valence-corrected chi connectivity index (χ1v) is 7.16. The van der Waals surface area contributed by atoms with E-state index in [1.54, 1.807) is 29.9 Å². The van der Waals surface area contributed by atoms with Crippen LogP contribution in [0.15, 0.2) is 18.2 Å². The molecule has 1 atom stereocenters. The molecule has 0 radical (unpaired) electrons. The summed E-state index contributed by atoms with van der Waals surface area (Å²) in [6.07, 6.45) is 0.578. The number of benzene rings is 1. The third-order valence-electron chi connectivity index (χ3n) is 3.21. The fraction of sp³-hybridized carbons (Fsp3) is 0.308. The first-order valence-electron chi connectivity index (χ1n) is 6.03. The highest BCUT2D eigenvalue weighted by molar-refractivity contribution is 6.33. The first-order chi connectivity index (χ1) is 9.43. The van der Waals surface area contributed by atoms with Crippen molar-refractivity contribution in [3.8, 4) is 0 Å². The number of hydrogen-bond donors (Lipinski definition) is 2. The molecule has 1 heterocycles. The number of aromatic nitrogens is 2. The lowest BCUT2D eigenvalue weighted by molar-refractivity contribution is 0.551. The van der Waals surface area contributed by atoms with Crippen molar-refractivity contribution < 1.29 is 0 Å². The van der Waals surface area contributed by atoms with E-state index in [2.05, 4.69) is 10.5 Å². The molecule has 0 spiro atoms. The molecule has 20 heavy (non-hydrogen) atoms. The third-order valence-corrected chi connectivity index (χ3v) is 4.26. The van der Waals surface area contributed by atoms with Gasteiger partial charge in [-0.25, -0.2) is 0 Å². The lowest BCUT2D eigenvalue weighted by atomic mass is 10.00. The van der Waals surface area contributed by atoms with Gasteiger partial charge in [-0.2, -0.15) is 5.10 Å². The van der Waals surface area contributed by atoms with Crippen molar-refractivity contribution in [1.29, 1.82) is 0 Å². The predicted octanol–water partition coefficient (Wildman–Crippen LogP) is 3.44. The van der Waals surface area contributed by atoms with Gasteiger partial charge < -0.3 is 0 Å². The number of nitrogens with two attached hydrogens (primary N) is 1. The minimum Gasteiger partial charge on any atom is -0.271 e. The average molecular weight is 334 g/mol. The van der Waals surface area contributed by atoms with Crippen LogP contribution in [0.1, 0.15) is 22.9 Å². The Morgan fingerprint density at radius 3 is 2.60 bits per heavy atom. The molecular formula is C13H15Cl3N4. The second kappa shape index (κ2) is 6.33. The first kappa shape index (κ1) is 15.6. The van der Waals surface area contributed by atoms with Crippen LogP contribution in [-0.2, 0) is 13.5 Å². The van der Waals surface area contributed by atoms with Crippen molar-refractivity contribution in [1.82, 2.24) is 15.2 Å². The lowest BCUT2D eigenvalue weighted by Gasteiger charge is -2.18. The fourth-order valence-electron chi connectivity index (χ4n) is 2.15. The highest BCUT2D eigenvalue weighted by atomic mass is 35.5. The van der Waals surface area contributed by atoms with E-state index < -0.39 is 0 Å². The molecule has 1 aromatic heterocycles.